The molecule has 7 heteroatoms. The van der Waals surface area contributed by atoms with Gasteiger partial charge in [-0.05, 0) is 46.6 Å². The molecule has 1 aliphatic heterocycles. The molecule has 26 heavy (non-hydrogen) atoms. The van der Waals surface area contributed by atoms with Crippen LogP contribution in [-0.4, -0.2) is 54.9 Å². The molecular formula is C19H21BrN2O4. The van der Waals surface area contributed by atoms with Crippen LogP contribution in [-0.2, 0) is 11.2 Å². The SMILES string of the molecule is COc1cccc(CC(=O)N2CCN(C(=O)c3oc(Br)cc3C)CC2)c1. The van der Waals surface area contributed by atoms with Crippen molar-refractivity contribution in [1.82, 2.24) is 9.80 Å². The number of carbonyl (C=O) groups excluding carboxylic acids is 2. The van der Waals surface area contributed by atoms with Gasteiger partial charge in [-0.25, -0.2) is 0 Å². The Kier molecular flexibility index (Phi) is 5.66. The number of rotatable bonds is 4. The molecule has 0 atom stereocenters. The van der Waals surface area contributed by atoms with Crippen LogP contribution in [0.2, 0.25) is 0 Å². The minimum atomic E-state index is -0.131. The second-order valence-electron chi connectivity index (χ2n) is 6.26. The molecule has 2 amide bonds. The largest absolute Gasteiger partial charge is 0.497 e. The molecule has 1 fully saturated rings. The maximum absolute atomic E-state index is 12.6. The molecule has 0 saturated carbocycles. The van der Waals surface area contributed by atoms with Crippen LogP contribution in [0.5, 0.6) is 5.75 Å². The highest BCUT2D eigenvalue weighted by atomic mass is 79.9. The summed E-state index contributed by atoms with van der Waals surface area (Å²) >= 11 is 3.25. The van der Waals surface area contributed by atoms with Gasteiger partial charge in [-0.1, -0.05) is 12.1 Å². The van der Waals surface area contributed by atoms with Gasteiger partial charge in [-0.15, -0.1) is 0 Å². The second kappa shape index (κ2) is 7.95. The van der Waals surface area contributed by atoms with Crippen molar-refractivity contribution in [3.05, 3.63) is 51.9 Å². The van der Waals surface area contributed by atoms with E-state index in [2.05, 4.69) is 15.9 Å². The summed E-state index contributed by atoms with van der Waals surface area (Å²) in [5.41, 5.74) is 1.72. The Balaban J connectivity index is 1.56. The fourth-order valence-electron chi connectivity index (χ4n) is 3.03. The monoisotopic (exact) mass is 420 g/mol. The van der Waals surface area contributed by atoms with E-state index in [1.54, 1.807) is 23.0 Å². The normalized spacial score (nSPS) is 14.4. The Morgan fingerprint density at radius 2 is 1.85 bits per heavy atom. The van der Waals surface area contributed by atoms with Crippen LogP contribution in [0.3, 0.4) is 0 Å². The van der Waals surface area contributed by atoms with Crippen molar-refractivity contribution in [2.45, 2.75) is 13.3 Å². The fraction of sp³-hybridized carbons (Fsp3) is 0.368. The average molecular weight is 421 g/mol. The number of nitrogens with zero attached hydrogens (tertiary/aromatic N) is 2. The number of halogens is 1. The van der Waals surface area contributed by atoms with Gasteiger partial charge in [0.25, 0.3) is 5.91 Å². The molecule has 0 spiro atoms. The van der Waals surface area contributed by atoms with E-state index in [1.165, 1.54) is 0 Å². The number of methoxy groups -OCH3 is 1. The van der Waals surface area contributed by atoms with Gasteiger partial charge in [-0.2, -0.15) is 0 Å². The summed E-state index contributed by atoms with van der Waals surface area (Å²) in [6.45, 7) is 3.89. The molecule has 1 saturated heterocycles. The Labute approximate surface area is 160 Å². The van der Waals surface area contributed by atoms with Crippen molar-refractivity contribution in [3.63, 3.8) is 0 Å². The summed E-state index contributed by atoms with van der Waals surface area (Å²) in [4.78, 5) is 28.6. The Bertz CT molecular complexity index is 810. The summed E-state index contributed by atoms with van der Waals surface area (Å²) in [7, 11) is 1.61. The van der Waals surface area contributed by atoms with E-state index in [9.17, 15) is 9.59 Å². The topological polar surface area (TPSA) is 63.0 Å². The maximum Gasteiger partial charge on any atom is 0.290 e. The Hall–Kier alpha value is -2.28. The summed E-state index contributed by atoms with van der Waals surface area (Å²) in [6.07, 6.45) is 0.329. The number of hydrogen-bond acceptors (Lipinski definition) is 4. The summed E-state index contributed by atoms with van der Waals surface area (Å²) in [6, 6.07) is 9.29. The summed E-state index contributed by atoms with van der Waals surface area (Å²) < 4.78 is 11.2. The molecule has 6 nitrogen and oxygen atoms in total. The smallest absolute Gasteiger partial charge is 0.290 e. The van der Waals surface area contributed by atoms with Crippen molar-refractivity contribution >= 4 is 27.7 Å². The van der Waals surface area contributed by atoms with Crippen molar-refractivity contribution < 1.29 is 18.7 Å². The average Bonchev–Trinajstić information content (AvgIpc) is 2.99. The zero-order chi connectivity index (χ0) is 18.7. The molecule has 1 aromatic heterocycles. The van der Waals surface area contributed by atoms with Gasteiger partial charge in [0.2, 0.25) is 5.91 Å². The van der Waals surface area contributed by atoms with Crippen LogP contribution in [0, 0.1) is 6.92 Å². The number of amides is 2. The molecule has 0 radical (unpaired) electrons. The van der Waals surface area contributed by atoms with Gasteiger partial charge in [0.15, 0.2) is 10.4 Å². The number of aryl methyl sites for hydroxylation is 1. The van der Waals surface area contributed by atoms with Crippen molar-refractivity contribution in [1.29, 1.82) is 0 Å². The van der Waals surface area contributed by atoms with Gasteiger partial charge in [-0.3, -0.25) is 9.59 Å². The third-order valence-corrected chi connectivity index (χ3v) is 4.88. The van der Waals surface area contributed by atoms with E-state index >= 15 is 0 Å². The first kappa shape index (κ1) is 18.5. The summed E-state index contributed by atoms with van der Waals surface area (Å²) in [5, 5.41) is 0. The van der Waals surface area contributed by atoms with E-state index < -0.39 is 0 Å². The van der Waals surface area contributed by atoms with E-state index in [1.807, 2.05) is 31.2 Å². The third-order valence-electron chi connectivity index (χ3n) is 4.49. The fourth-order valence-corrected chi connectivity index (χ4v) is 3.53. The van der Waals surface area contributed by atoms with Crippen LogP contribution in [0.1, 0.15) is 21.7 Å². The highest BCUT2D eigenvalue weighted by Gasteiger charge is 2.27. The lowest BCUT2D eigenvalue weighted by Gasteiger charge is -2.34. The van der Waals surface area contributed by atoms with Gasteiger partial charge in [0.1, 0.15) is 5.75 Å². The van der Waals surface area contributed by atoms with Crippen LogP contribution in [0.4, 0.5) is 0 Å². The van der Waals surface area contributed by atoms with E-state index in [0.29, 0.717) is 43.0 Å². The highest BCUT2D eigenvalue weighted by Crippen LogP contribution is 2.22. The van der Waals surface area contributed by atoms with Crippen molar-refractivity contribution in [2.75, 3.05) is 33.3 Å². The predicted octanol–water partition coefficient (Wildman–Crippen LogP) is 2.89. The van der Waals surface area contributed by atoms with Gasteiger partial charge >= 0.3 is 0 Å². The van der Waals surface area contributed by atoms with Gasteiger partial charge < -0.3 is 19.0 Å². The summed E-state index contributed by atoms with van der Waals surface area (Å²) in [5.74, 6) is 1.02. The minimum Gasteiger partial charge on any atom is -0.497 e. The zero-order valence-electron chi connectivity index (χ0n) is 14.8. The number of furan rings is 1. The van der Waals surface area contributed by atoms with Crippen LogP contribution in [0.25, 0.3) is 0 Å². The van der Waals surface area contributed by atoms with Crippen LogP contribution < -0.4 is 4.74 Å². The van der Waals surface area contributed by atoms with E-state index in [4.69, 9.17) is 9.15 Å². The predicted molar refractivity (Wildman–Crippen MR) is 100 cm³/mol. The first-order valence-corrected chi connectivity index (χ1v) is 9.23. The van der Waals surface area contributed by atoms with Crippen molar-refractivity contribution in [3.8, 4) is 5.75 Å². The molecule has 0 bridgehead atoms. The molecule has 1 aromatic carbocycles. The molecule has 1 aliphatic rings. The Morgan fingerprint density at radius 1 is 1.15 bits per heavy atom. The number of benzene rings is 1. The number of hydrogen-bond donors (Lipinski definition) is 0. The van der Waals surface area contributed by atoms with E-state index in [-0.39, 0.29) is 11.8 Å². The lowest BCUT2D eigenvalue weighted by atomic mass is 10.1. The molecule has 2 aromatic rings. The van der Waals surface area contributed by atoms with Crippen molar-refractivity contribution in [2.24, 2.45) is 0 Å². The molecule has 2 heterocycles. The molecular weight excluding hydrogens is 400 g/mol. The van der Waals surface area contributed by atoms with Gasteiger partial charge in [0, 0.05) is 31.7 Å². The maximum atomic E-state index is 12.6. The number of carbonyl (C=O) groups is 2. The van der Waals surface area contributed by atoms with Crippen LogP contribution in [0.15, 0.2) is 39.4 Å². The number of piperazine rings is 1. The van der Waals surface area contributed by atoms with Gasteiger partial charge in [0.05, 0.1) is 13.5 Å². The minimum absolute atomic E-state index is 0.0577. The lowest BCUT2D eigenvalue weighted by molar-refractivity contribution is -0.131. The first-order valence-electron chi connectivity index (χ1n) is 8.44. The third kappa shape index (κ3) is 4.09. The molecule has 0 aliphatic carbocycles. The quantitative estimate of drug-likeness (QED) is 0.762. The standard InChI is InChI=1S/C19H21BrN2O4/c1-13-10-16(20)26-18(13)19(24)22-8-6-21(7-9-22)17(23)12-14-4-3-5-15(11-14)25-2/h3-5,10-11H,6-9,12H2,1-2H3. The first-order chi connectivity index (χ1) is 12.5. The second-order valence-corrected chi connectivity index (χ2v) is 7.05. The zero-order valence-corrected chi connectivity index (χ0v) is 16.4. The lowest BCUT2D eigenvalue weighted by Crippen LogP contribution is -2.51. The highest BCUT2D eigenvalue weighted by molar-refractivity contribution is 9.10. The molecule has 138 valence electrons. The molecule has 3 rings (SSSR count). The number of ether oxygens (including phenoxy) is 1. The molecule has 0 unspecified atom stereocenters. The van der Waals surface area contributed by atoms with Crippen LogP contribution >= 0.6 is 15.9 Å². The van der Waals surface area contributed by atoms with E-state index in [0.717, 1.165) is 16.9 Å². The Morgan fingerprint density at radius 3 is 2.46 bits per heavy atom. The molecule has 0 N–H and O–H groups in total.